The van der Waals surface area contributed by atoms with Crippen LogP contribution in [-0.2, 0) is 0 Å². The monoisotopic (exact) mass is 1530 g/mol. The van der Waals surface area contributed by atoms with E-state index in [9.17, 15) is 0 Å². The molecule has 28 saturated carbocycles. The van der Waals surface area contributed by atoms with Gasteiger partial charge in [-0.15, -0.1) is 0 Å². The molecule has 0 aromatic heterocycles. The molecular formula is C111H200. The third kappa shape index (κ3) is 22.8. The van der Waals surface area contributed by atoms with Crippen LogP contribution in [0.15, 0.2) is 0 Å². The molecule has 13 unspecified atom stereocenters. The normalized spacial score (nSPS) is 49.0. The van der Waals surface area contributed by atoms with E-state index in [0.29, 0.717) is 10.8 Å². The van der Waals surface area contributed by atoms with Crippen LogP contribution in [0.5, 0.6) is 0 Å². The highest BCUT2D eigenvalue weighted by molar-refractivity contribution is 5.03. The molecule has 0 heterocycles. The fourth-order valence-electron chi connectivity index (χ4n) is 33.8. The van der Waals surface area contributed by atoms with Crippen LogP contribution in [0.1, 0.15) is 485 Å². The molecule has 0 spiro atoms. The Morgan fingerprint density at radius 2 is 0.613 bits per heavy atom. The minimum absolute atomic E-state index is 0.654. The predicted octanol–water partition coefficient (Wildman–Crippen LogP) is 35.3. The maximum atomic E-state index is 2.54. The van der Waals surface area contributed by atoms with Crippen LogP contribution in [0.4, 0.5) is 0 Å². The Bertz CT molecular complexity index is 2550. The summed E-state index contributed by atoms with van der Waals surface area (Å²) in [4.78, 5) is 0. The lowest BCUT2D eigenvalue weighted by atomic mass is 9.50. The van der Waals surface area contributed by atoms with Gasteiger partial charge in [0.2, 0.25) is 0 Å². The third-order valence-corrected chi connectivity index (χ3v) is 43.6. The van der Waals surface area contributed by atoms with Crippen LogP contribution >= 0.6 is 0 Å². The van der Waals surface area contributed by atoms with E-state index < -0.39 is 0 Å². The summed E-state index contributed by atoms with van der Waals surface area (Å²) in [6.45, 7) is 48.8. The van der Waals surface area contributed by atoms with Crippen LogP contribution < -0.4 is 0 Å². The van der Waals surface area contributed by atoms with Gasteiger partial charge in [-0.1, -0.05) is 241 Å². The summed E-state index contributed by atoms with van der Waals surface area (Å²) in [5, 5.41) is 0. The molecule has 28 aliphatic carbocycles. The second kappa shape index (κ2) is 40.3. The van der Waals surface area contributed by atoms with Gasteiger partial charge < -0.3 is 0 Å². The molecule has 0 saturated heterocycles. The summed E-state index contributed by atoms with van der Waals surface area (Å²) in [6.07, 6.45) is 82.7. The highest BCUT2D eigenvalue weighted by Crippen LogP contribution is 2.63. The zero-order valence-corrected chi connectivity index (χ0v) is 79.2. The highest BCUT2D eigenvalue weighted by atomic mass is 14.6. The fourth-order valence-corrected chi connectivity index (χ4v) is 33.8. The molecule has 0 heteroatoms. The Labute approximate surface area is 697 Å². The lowest BCUT2D eigenvalue weighted by molar-refractivity contribution is -0.0411. The van der Waals surface area contributed by atoms with Gasteiger partial charge in [-0.05, 0) is 460 Å². The van der Waals surface area contributed by atoms with Gasteiger partial charge >= 0.3 is 0 Å². The lowest BCUT2D eigenvalue weighted by Gasteiger charge is -2.55. The van der Waals surface area contributed by atoms with E-state index in [4.69, 9.17) is 0 Å². The van der Waals surface area contributed by atoms with Crippen molar-refractivity contribution in [1.82, 2.24) is 0 Å². The highest BCUT2D eigenvalue weighted by Gasteiger charge is 2.53. The first-order chi connectivity index (χ1) is 52.9. The first-order valence-corrected chi connectivity index (χ1v) is 52.9. The molecule has 111 heavy (non-hydrogen) atoms. The van der Waals surface area contributed by atoms with E-state index in [2.05, 4.69) is 138 Å². The van der Waals surface area contributed by atoms with Crippen molar-refractivity contribution in [3.05, 3.63) is 0 Å². The Kier molecular flexibility index (Phi) is 32.8. The zero-order valence-electron chi connectivity index (χ0n) is 79.2. The van der Waals surface area contributed by atoms with Crippen molar-refractivity contribution >= 4 is 0 Å². The average Bonchev–Trinajstić information content (AvgIpc) is 1.48. The number of hydrogen-bond donors (Lipinski definition) is 0. The maximum Gasteiger partial charge on any atom is -0.0297 e. The van der Waals surface area contributed by atoms with Gasteiger partial charge in [0.25, 0.3) is 0 Å². The van der Waals surface area contributed by atoms with Crippen LogP contribution in [0.25, 0.3) is 0 Å². The lowest BCUT2D eigenvalue weighted by Crippen LogP contribution is -2.44. The molecule has 28 rings (SSSR count). The SMILES string of the molecule is CC12CC3CC(CC(C3)C1)C2.CC1C2CCC(C2)[C@H]1C.CC1C2CCC(CC2)[C@H]1C.CCC1CC2CCC1C2.CCC1CCCC1.CCC1CCCCC1.C[C@@H]1C2CCC(C2)C1(C)C.C[C@@H]1C2CCC(CC2)C1(C)C.C[C@H]1CC2CCC1(C)C2.C[C@H]1CC2CCC1(C)CC2.C[C@H]1CC2CCC1C2.C[C@H]1CC2CCC1CC2. The largest absolute Gasteiger partial charge is 0.0651 e. The Hall–Kier alpha value is 0. The topological polar surface area (TPSA) is 0 Å². The van der Waals surface area contributed by atoms with Gasteiger partial charge in [-0.2, -0.15) is 0 Å². The van der Waals surface area contributed by atoms with Crippen LogP contribution in [0, 0.1) is 216 Å². The van der Waals surface area contributed by atoms with E-state index >= 15 is 0 Å². The summed E-state index contributed by atoms with van der Waals surface area (Å²) < 4.78 is 0. The van der Waals surface area contributed by atoms with E-state index in [1.54, 1.807) is 128 Å². The van der Waals surface area contributed by atoms with Crippen molar-refractivity contribution in [2.45, 2.75) is 485 Å². The molecule has 0 radical (unpaired) electrons. The van der Waals surface area contributed by atoms with Gasteiger partial charge in [0, 0.05) is 0 Å². The van der Waals surface area contributed by atoms with Gasteiger partial charge in [0.1, 0.15) is 0 Å². The van der Waals surface area contributed by atoms with E-state index in [1.807, 2.05) is 0 Å². The minimum Gasteiger partial charge on any atom is -0.0651 e. The summed E-state index contributed by atoms with van der Waals surface area (Å²) in [7, 11) is 0. The molecule has 0 aliphatic heterocycles. The van der Waals surface area contributed by atoms with Crippen molar-refractivity contribution in [2.24, 2.45) is 216 Å². The first-order valence-electron chi connectivity index (χ1n) is 52.9. The van der Waals surface area contributed by atoms with Crippen LogP contribution in [-0.4, -0.2) is 0 Å². The number of rotatable bonds is 3. The second-order valence-electron chi connectivity index (χ2n) is 50.4. The minimum atomic E-state index is 0.654. The number of hydrogen-bond acceptors (Lipinski definition) is 0. The van der Waals surface area contributed by atoms with E-state index in [1.165, 1.54) is 218 Å². The van der Waals surface area contributed by atoms with Crippen LogP contribution in [0.2, 0.25) is 0 Å². The number of fused-ring (bicyclic) bond motifs is 22. The maximum absolute atomic E-state index is 2.54. The summed E-state index contributed by atoms with van der Waals surface area (Å²) in [5.74, 6) is 34.8. The molecular weight excluding hydrogens is 1330 g/mol. The Morgan fingerprint density at radius 3 is 0.865 bits per heavy atom. The standard InChI is InChI=1S/C11H18.C11H20.3C10H18.4C9H16.C8H14.C8H16.C7H14/c1-11-5-8-2-9(6-11)4-10(3-8)7-11;1-8-9-4-6-10(7-5-9)11(8,2)3;1-7-8-4-5-9(6-8)10(7,2)3;1-8-7-9-3-5-10(8,2)6-4-9;1-7-8(2)10-5-3-9(7)4-6-10;1-7-5-8-3-4-9(7,2)6-8;1-6-7(2)9-4-3-8(6)5-9;1-7-6-8-2-4-9(7)5-3-8;1-2-8-5-7-3-4-9(8)6-7;1-6-4-7-2-3-8(6)5-7;1-2-8-6-4-3-5-7-8;1-2-7-5-3-4-6-7/h8-10H,2-7H2,1H3;8-10H,4-7H2,1-3H3;7-9H,4-6H2,1-3H3;8-9H,3-7H2,1-2H3;7-10H,3-6H2,1-2H3;7-8H,3-6H2,1-2H3;6-9H,3-5H2,1-2H3;2*7-9H,2-6H2,1H3;6-8H,2-5H2,1H3;8H,2-7H2,1H3;7H,2-6H2,1H3/t;8-,9?,10?;7-,8?,9?;8-,9?,10?;7-,8?,9?,10?;7-,8?,9?;6-,7?,8?,9?;7-,8?,9?;;6-,7?,8?;;/m.1100000.0../s1. The molecule has 28 fully saturated rings. The smallest absolute Gasteiger partial charge is 0.0297 e. The second-order valence-corrected chi connectivity index (χ2v) is 50.4. The summed E-state index contributed by atoms with van der Waals surface area (Å²) in [5.41, 5.74) is 3.64. The van der Waals surface area contributed by atoms with Gasteiger partial charge in [0.15, 0.2) is 0 Å². The predicted molar refractivity (Wildman–Crippen MR) is 487 cm³/mol. The Balaban J connectivity index is 0.000000113. The van der Waals surface area contributed by atoms with E-state index in [-0.39, 0.29) is 0 Å². The van der Waals surface area contributed by atoms with E-state index in [0.717, 1.165) is 206 Å². The molecule has 22 bridgehead atoms. The molecule has 0 nitrogen and oxygen atoms in total. The van der Waals surface area contributed by atoms with Gasteiger partial charge in [0.05, 0.1) is 0 Å². The third-order valence-electron chi connectivity index (χ3n) is 43.6. The first kappa shape index (κ1) is 90.2. The molecule has 28 aliphatic rings. The van der Waals surface area contributed by atoms with Gasteiger partial charge in [-0.3, -0.25) is 0 Å². The Morgan fingerprint density at radius 1 is 0.234 bits per heavy atom. The molecule has 0 amide bonds. The summed E-state index contributed by atoms with van der Waals surface area (Å²) >= 11 is 0. The van der Waals surface area contributed by atoms with Gasteiger partial charge in [-0.25, -0.2) is 0 Å². The molecule has 21 atom stereocenters. The van der Waals surface area contributed by atoms with Crippen molar-refractivity contribution in [3.63, 3.8) is 0 Å². The van der Waals surface area contributed by atoms with Crippen LogP contribution in [0.3, 0.4) is 0 Å². The van der Waals surface area contributed by atoms with Crippen molar-refractivity contribution in [2.75, 3.05) is 0 Å². The average molecular weight is 1530 g/mol. The molecule has 0 aromatic carbocycles. The molecule has 0 aromatic rings. The van der Waals surface area contributed by atoms with Crippen molar-refractivity contribution in [1.29, 1.82) is 0 Å². The van der Waals surface area contributed by atoms with Crippen molar-refractivity contribution in [3.8, 4) is 0 Å². The van der Waals surface area contributed by atoms with Crippen molar-refractivity contribution < 1.29 is 0 Å². The fraction of sp³-hybridized carbons (Fsp3) is 1.00. The molecule has 0 N–H and O–H groups in total. The molecule has 644 valence electrons. The quantitative estimate of drug-likeness (QED) is 0.264. The summed E-state index contributed by atoms with van der Waals surface area (Å²) in [6, 6.07) is 0. The zero-order chi connectivity index (χ0) is 79.2.